The first-order chi connectivity index (χ1) is 9.64. The summed E-state index contributed by atoms with van der Waals surface area (Å²) in [4.78, 5) is 12.2. The second kappa shape index (κ2) is 8.25. The molecule has 0 atom stereocenters. The fourth-order valence-electron chi connectivity index (χ4n) is 2.70. The summed E-state index contributed by atoms with van der Waals surface area (Å²) in [7, 11) is 1.65. The highest BCUT2D eigenvalue weighted by atomic mass is 35.5. The third-order valence-corrected chi connectivity index (χ3v) is 4.06. The fraction of sp³-hybridized carbons (Fsp3) is 0.562. The van der Waals surface area contributed by atoms with Gasteiger partial charge in [0.2, 0.25) is 5.91 Å². The fourth-order valence-corrected chi connectivity index (χ4v) is 2.70. The van der Waals surface area contributed by atoms with Crippen molar-refractivity contribution < 1.29 is 9.53 Å². The number of rotatable bonds is 5. The van der Waals surface area contributed by atoms with Crippen LogP contribution in [-0.2, 0) is 11.2 Å². The molecule has 1 amide bonds. The van der Waals surface area contributed by atoms with Gasteiger partial charge in [0, 0.05) is 6.54 Å². The number of ether oxygens (including phenoxy) is 1. The van der Waals surface area contributed by atoms with Crippen molar-refractivity contribution in [3.8, 4) is 5.75 Å². The summed E-state index contributed by atoms with van der Waals surface area (Å²) >= 11 is 0. The van der Waals surface area contributed by atoms with Crippen molar-refractivity contribution in [1.29, 1.82) is 0 Å². The minimum Gasteiger partial charge on any atom is -0.497 e. The van der Waals surface area contributed by atoms with Crippen LogP contribution in [0.3, 0.4) is 0 Å². The van der Waals surface area contributed by atoms with Crippen molar-refractivity contribution in [2.45, 2.75) is 44.1 Å². The lowest BCUT2D eigenvalue weighted by molar-refractivity contribution is -0.127. The Labute approximate surface area is 132 Å². The summed E-state index contributed by atoms with van der Waals surface area (Å²) in [5, 5.41) is 2.97. The minimum atomic E-state index is -0.641. The molecule has 1 aromatic carbocycles. The standard InChI is InChI=1S/C16H24N2O2.ClH/c1-20-14-7-5-13(6-8-14)9-12-18-15(19)16(17)10-3-2-4-11-16;/h5-8H,2-4,9-12,17H2,1H3,(H,18,19);1H. The predicted octanol–water partition coefficient (Wildman–Crippen LogP) is 2.44. The van der Waals surface area contributed by atoms with Crippen molar-refractivity contribution in [3.05, 3.63) is 29.8 Å². The number of halogens is 1. The molecule has 1 aromatic rings. The SMILES string of the molecule is COc1ccc(CCNC(=O)C2(N)CCCCC2)cc1.Cl. The second-order valence-corrected chi connectivity index (χ2v) is 5.57. The van der Waals surface area contributed by atoms with E-state index in [4.69, 9.17) is 10.5 Å². The van der Waals surface area contributed by atoms with Gasteiger partial charge in [0.25, 0.3) is 0 Å². The van der Waals surface area contributed by atoms with E-state index >= 15 is 0 Å². The van der Waals surface area contributed by atoms with Crippen molar-refractivity contribution in [3.63, 3.8) is 0 Å². The van der Waals surface area contributed by atoms with Crippen LogP contribution in [0.2, 0.25) is 0 Å². The average Bonchev–Trinajstić information content (AvgIpc) is 2.48. The first-order valence-electron chi connectivity index (χ1n) is 7.34. The molecule has 0 heterocycles. The molecule has 3 N–H and O–H groups in total. The van der Waals surface area contributed by atoms with E-state index in [1.807, 2.05) is 24.3 Å². The largest absolute Gasteiger partial charge is 0.497 e. The summed E-state index contributed by atoms with van der Waals surface area (Å²) < 4.78 is 5.12. The third kappa shape index (κ3) is 4.90. The van der Waals surface area contributed by atoms with Gasteiger partial charge in [-0.15, -0.1) is 12.4 Å². The Hall–Kier alpha value is -1.26. The van der Waals surface area contributed by atoms with Crippen molar-refractivity contribution in [2.75, 3.05) is 13.7 Å². The van der Waals surface area contributed by atoms with Crippen LogP contribution in [-0.4, -0.2) is 25.1 Å². The van der Waals surface area contributed by atoms with Crippen LogP contribution < -0.4 is 15.8 Å². The molecular weight excluding hydrogens is 288 g/mol. The van der Waals surface area contributed by atoms with Crippen LogP contribution in [0.15, 0.2) is 24.3 Å². The zero-order valence-corrected chi connectivity index (χ0v) is 13.4. The second-order valence-electron chi connectivity index (χ2n) is 5.57. The summed E-state index contributed by atoms with van der Waals surface area (Å²) in [6.07, 6.45) is 5.73. The molecule has 0 unspecified atom stereocenters. The number of hydrogen-bond donors (Lipinski definition) is 2. The van der Waals surface area contributed by atoms with Gasteiger partial charge in [-0.1, -0.05) is 31.4 Å². The monoisotopic (exact) mass is 312 g/mol. The smallest absolute Gasteiger partial charge is 0.240 e. The van der Waals surface area contributed by atoms with E-state index in [9.17, 15) is 4.79 Å². The zero-order chi connectivity index (χ0) is 14.4. The van der Waals surface area contributed by atoms with Crippen LogP contribution in [0.4, 0.5) is 0 Å². The Bertz CT molecular complexity index is 442. The van der Waals surface area contributed by atoms with Gasteiger partial charge in [0.1, 0.15) is 5.75 Å². The van der Waals surface area contributed by atoms with Gasteiger partial charge < -0.3 is 15.8 Å². The molecule has 0 spiro atoms. The van der Waals surface area contributed by atoms with Crippen LogP contribution in [0.5, 0.6) is 5.75 Å². The molecule has 2 rings (SSSR count). The molecule has 1 fully saturated rings. The maximum absolute atomic E-state index is 12.2. The highest BCUT2D eigenvalue weighted by Crippen LogP contribution is 2.25. The lowest BCUT2D eigenvalue weighted by atomic mass is 9.82. The van der Waals surface area contributed by atoms with Gasteiger partial charge >= 0.3 is 0 Å². The molecule has 0 radical (unpaired) electrons. The average molecular weight is 313 g/mol. The Balaban J connectivity index is 0.00000220. The van der Waals surface area contributed by atoms with Crippen molar-refractivity contribution >= 4 is 18.3 Å². The lowest BCUT2D eigenvalue weighted by Crippen LogP contribution is -2.55. The third-order valence-electron chi connectivity index (χ3n) is 4.06. The van der Waals surface area contributed by atoms with Gasteiger partial charge in [-0.05, 0) is 37.0 Å². The molecule has 0 bridgehead atoms. The Morgan fingerprint density at radius 1 is 1.24 bits per heavy atom. The molecule has 1 aliphatic rings. The Kier molecular flexibility index (Phi) is 6.99. The van der Waals surface area contributed by atoms with E-state index in [0.29, 0.717) is 6.54 Å². The first-order valence-corrected chi connectivity index (χ1v) is 7.34. The Morgan fingerprint density at radius 2 is 1.86 bits per heavy atom. The number of hydrogen-bond acceptors (Lipinski definition) is 3. The minimum absolute atomic E-state index is 0. The maximum Gasteiger partial charge on any atom is 0.240 e. The molecule has 0 saturated heterocycles. The van der Waals surface area contributed by atoms with Gasteiger partial charge in [0.05, 0.1) is 12.6 Å². The molecule has 1 saturated carbocycles. The Morgan fingerprint density at radius 3 is 2.43 bits per heavy atom. The van der Waals surface area contributed by atoms with Gasteiger partial charge in [-0.3, -0.25) is 4.79 Å². The number of amides is 1. The molecular formula is C16H25ClN2O2. The number of benzene rings is 1. The van der Waals surface area contributed by atoms with Crippen molar-refractivity contribution in [2.24, 2.45) is 5.73 Å². The number of carbonyl (C=O) groups is 1. The molecule has 4 nitrogen and oxygen atoms in total. The number of nitrogens with one attached hydrogen (secondary N) is 1. The zero-order valence-electron chi connectivity index (χ0n) is 12.6. The van der Waals surface area contributed by atoms with Crippen LogP contribution >= 0.6 is 12.4 Å². The topological polar surface area (TPSA) is 64.3 Å². The van der Waals surface area contributed by atoms with E-state index < -0.39 is 5.54 Å². The van der Waals surface area contributed by atoms with Crippen LogP contribution in [0, 0.1) is 0 Å². The summed E-state index contributed by atoms with van der Waals surface area (Å²) in [6.45, 7) is 0.629. The molecule has 1 aliphatic carbocycles. The van der Waals surface area contributed by atoms with E-state index in [-0.39, 0.29) is 18.3 Å². The first kappa shape index (κ1) is 17.8. The predicted molar refractivity (Wildman–Crippen MR) is 87.0 cm³/mol. The normalized spacial score (nSPS) is 16.7. The van der Waals surface area contributed by atoms with E-state index in [2.05, 4.69) is 5.32 Å². The quantitative estimate of drug-likeness (QED) is 0.877. The summed E-state index contributed by atoms with van der Waals surface area (Å²) in [6, 6.07) is 7.90. The van der Waals surface area contributed by atoms with Crippen LogP contribution in [0.25, 0.3) is 0 Å². The van der Waals surface area contributed by atoms with Crippen molar-refractivity contribution in [1.82, 2.24) is 5.32 Å². The number of nitrogens with two attached hydrogens (primary N) is 1. The number of methoxy groups -OCH3 is 1. The summed E-state index contributed by atoms with van der Waals surface area (Å²) in [5.41, 5.74) is 6.73. The van der Waals surface area contributed by atoms with Gasteiger partial charge in [-0.25, -0.2) is 0 Å². The van der Waals surface area contributed by atoms with E-state index in [0.717, 1.165) is 37.9 Å². The summed E-state index contributed by atoms with van der Waals surface area (Å²) in [5.74, 6) is 0.853. The highest BCUT2D eigenvalue weighted by molar-refractivity contribution is 5.86. The molecule has 0 aromatic heterocycles. The molecule has 5 heteroatoms. The maximum atomic E-state index is 12.2. The molecule has 118 valence electrons. The van der Waals surface area contributed by atoms with Gasteiger partial charge in [-0.2, -0.15) is 0 Å². The lowest BCUT2D eigenvalue weighted by Gasteiger charge is -2.31. The van der Waals surface area contributed by atoms with Crippen LogP contribution in [0.1, 0.15) is 37.7 Å². The number of carbonyl (C=O) groups excluding carboxylic acids is 1. The van der Waals surface area contributed by atoms with E-state index in [1.54, 1.807) is 7.11 Å². The van der Waals surface area contributed by atoms with E-state index in [1.165, 1.54) is 12.0 Å². The molecule has 0 aliphatic heterocycles. The van der Waals surface area contributed by atoms with Gasteiger partial charge in [0.15, 0.2) is 0 Å². The molecule has 21 heavy (non-hydrogen) atoms. The highest BCUT2D eigenvalue weighted by Gasteiger charge is 2.34.